The van der Waals surface area contributed by atoms with Gasteiger partial charge < -0.3 is 5.32 Å². The van der Waals surface area contributed by atoms with Crippen LogP contribution in [0.5, 0.6) is 0 Å². The molecule has 0 saturated carbocycles. The molecular formula is C19H19N5O. The lowest BCUT2D eigenvalue weighted by Crippen LogP contribution is -2.14. The van der Waals surface area contributed by atoms with E-state index >= 15 is 0 Å². The Morgan fingerprint density at radius 2 is 1.76 bits per heavy atom. The number of carbonyl (C=O) groups is 1. The fraction of sp³-hybridized carbons (Fsp3) is 0.263. The van der Waals surface area contributed by atoms with Crippen LogP contribution in [0.15, 0.2) is 36.7 Å². The number of hydrogen-bond acceptors (Lipinski definition) is 5. The van der Waals surface area contributed by atoms with Gasteiger partial charge in [-0.1, -0.05) is 6.07 Å². The summed E-state index contributed by atoms with van der Waals surface area (Å²) < 4.78 is 1.69. The normalized spacial score (nSPS) is 13.6. The maximum Gasteiger partial charge on any atom is 0.250 e. The van der Waals surface area contributed by atoms with Crippen LogP contribution in [0.25, 0.3) is 5.95 Å². The number of rotatable bonds is 3. The molecule has 0 spiro atoms. The van der Waals surface area contributed by atoms with Gasteiger partial charge in [-0.05, 0) is 56.0 Å². The first-order chi connectivity index (χ1) is 12.1. The number of nitrogens with one attached hydrogen (secondary N) is 1. The maximum atomic E-state index is 12.5. The Bertz CT molecular complexity index is 926. The van der Waals surface area contributed by atoms with Crippen molar-refractivity contribution in [2.75, 3.05) is 5.32 Å². The molecule has 1 aromatic carbocycles. The minimum atomic E-state index is 0.121. The number of fused-ring (bicyclic) bond motifs is 1. The molecule has 1 N–H and O–H groups in total. The Kier molecular flexibility index (Phi) is 3.80. The minimum Gasteiger partial charge on any atom is -0.338 e. The molecule has 2 aromatic heterocycles. The summed E-state index contributed by atoms with van der Waals surface area (Å²) in [6, 6.07) is 7.97. The number of hydrogen-bond donors (Lipinski definition) is 1. The molecule has 2 heterocycles. The van der Waals surface area contributed by atoms with E-state index in [4.69, 9.17) is 0 Å². The van der Waals surface area contributed by atoms with Crippen LogP contribution in [0, 0.1) is 13.8 Å². The summed E-state index contributed by atoms with van der Waals surface area (Å²) in [4.78, 5) is 21.1. The summed E-state index contributed by atoms with van der Waals surface area (Å²) in [5.41, 5.74) is 4.80. The van der Waals surface area contributed by atoms with E-state index in [1.807, 2.05) is 12.1 Å². The fourth-order valence-corrected chi connectivity index (χ4v) is 3.36. The van der Waals surface area contributed by atoms with E-state index in [1.165, 1.54) is 0 Å². The number of aromatic nitrogens is 4. The van der Waals surface area contributed by atoms with E-state index in [9.17, 15) is 4.79 Å². The van der Waals surface area contributed by atoms with Crippen LogP contribution >= 0.6 is 0 Å². The van der Waals surface area contributed by atoms with Crippen molar-refractivity contribution in [3.05, 3.63) is 59.0 Å². The number of anilines is 2. The number of Topliss-reactive ketones (excluding diaryl/α,β-unsaturated/α-hetero) is 1. The lowest BCUT2D eigenvalue weighted by Gasteiger charge is -2.13. The predicted octanol–water partition coefficient (Wildman–Crippen LogP) is 3.54. The summed E-state index contributed by atoms with van der Waals surface area (Å²) in [5.74, 6) is 1.19. The summed E-state index contributed by atoms with van der Waals surface area (Å²) in [6.07, 6.45) is 5.53. The van der Waals surface area contributed by atoms with Crippen molar-refractivity contribution in [1.82, 2.24) is 19.7 Å². The first kappa shape index (κ1) is 15.5. The average molecular weight is 333 g/mol. The van der Waals surface area contributed by atoms with Gasteiger partial charge >= 0.3 is 0 Å². The molecule has 0 saturated heterocycles. The van der Waals surface area contributed by atoms with Crippen LogP contribution in [0.4, 0.5) is 11.5 Å². The van der Waals surface area contributed by atoms with Crippen LogP contribution in [-0.4, -0.2) is 25.5 Å². The van der Waals surface area contributed by atoms with Gasteiger partial charge in [0.15, 0.2) is 11.6 Å². The fourth-order valence-electron chi connectivity index (χ4n) is 3.36. The second kappa shape index (κ2) is 6.12. The van der Waals surface area contributed by atoms with Crippen LogP contribution < -0.4 is 5.32 Å². The van der Waals surface area contributed by atoms with Gasteiger partial charge in [0.25, 0.3) is 5.95 Å². The van der Waals surface area contributed by atoms with E-state index in [-0.39, 0.29) is 5.78 Å². The van der Waals surface area contributed by atoms with Crippen LogP contribution in [0.1, 0.15) is 40.0 Å². The molecular weight excluding hydrogens is 314 g/mol. The van der Waals surface area contributed by atoms with Crippen LogP contribution in [0.3, 0.4) is 0 Å². The monoisotopic (exact) mass is 333 g/mol. The third kappa shape index (κ3) is 2.91. The first-order valence-electron chi connectivity index (χ1n) is 8.39. The number of aryl methyl sites for hydroxylation is 2. The van der Waals surface area contributed by atoms with Gasteiger partial charge in [-0.2, -0.15) is 0 Å². The van der Waals surface area contributed by atoms with Crippen LogP contribution in [0.2, 0.25) is 0 Å². The third-order valence-electron chi connectivity index (χ3n) is 4.30. The molecule has 126 valence electrons. The van der Waals surface area contributed by atoms with Crippen molar-refractivity contribution >= 4 is 17.3 Å². The van der Waals surface area contributed by atoms with Gasteiger partial charge in [-0.15, -0.1) is 5.10 Å². The molecule has 25 heavy (non-hydrogen) atoms. The van der Waals surface area contributed by atoms with E-state index in [1.54, 1.807) is 23.1 Å². The first-order valence-corrected chi connectivity index (χ1v) is 8.39. The highest BCUT2D eigenvalue weighted by Gasteiger charge is 2.28. The van der Waals surface area contributed by atoms with Crippen molar-refractivity contribution in [3.63, 3.8) is 0 Å². The third-order valence-corrected chi connectivity index (χ3v) is 4.30. The smallest absolute Gasteiger partial charge is 0.250 e. The number of ketones is 1. The zero-order valence-electron chi connectivity index (χ0n) is 14.3. The lowest BCUT2D eigenvalue weighted by atomic mass is 9.96. The molecule has 0 fully saturated rings. The average Bonchev–Trinajstić information content (AvgIpc) is 2.94. The Morgan fingerprint density at radius 3 is 2.48 bits per heavy atom. The van der Waals surface area contributed by atoms with E-state index in [0.717, 1.165) is 35.3 Å². The molecule has 1 aliphatic rings. The minimum absolute atomic E-state index is 0.121. The molecule has 0 aliphatic heterocycles. The zero-order valence-corrected chi connectivity index (χ0v) is 14.3. The summed E-state index contributed by atoms with van der Waals surface area (Å²) >= 11 is 0. The second-order valence-electron chi connectivity index (χ2n) is 6.41. The van der Waals surface area contributed by atoms with E-state index < -0.39 is 0 Å². The standard InChI is InChI=1S/C19H19N5O/c1-12-9-13(2)11-14(10-12)22-18-17-15(5-3-6-16(17)25)24(23-18)19-20-7-4-8-21-19/h4,7-11H,3,5-6H2,1-2H3,(H,22,23). The SMILES string of the molecule is Cc1cc(C)cc(Nc2nn(-c3ncccn3)c3c2C(=O)CCC3)c1. The number of carbonyl (C=O) groups excluding carboxylic acids is 1. The van der Waals surface area contributed by atoms with Crippen molar-refractivity contribution in [2.45, 2.75) is 33.1 Å². The van der Waals surface area contributed by atoms with Crippen molar-refractivity contribution in [3.8, 4) is 5.95 Å². The number of benzene rings is 1. The molecule has 0 atom stereocenters. The highest BCUT2D eigenvalue weighted by atomic mass is 16.1. The summed E-state index contributed by atoms with van der Waals surface area (Å²) in [6.45, 7) is 4.10. The van der Waals surface area contributed by atoms with Gasteiger partial charge in [0.05, 0.1) is 11.3 Å². The van der Waals surface area contributed by atoms with Gasteiger partial charge in [-0.25, -0.2) is 14.6 Å². The Morgan fingerprint density at radius 1 is 1.04 bits per heavy atom. The molecule has 3 aromatic rings. The van der Waals surface area contributed by atoms with Crippen molar-refractivity contribution < 1.29 is 4.79 Å². The van der Waals surface area contributed by atoms with Gasteiger partial charge in [0.1, 0.15) is 0 Å². The van der Waals surface area contributed by atoms with E-state index in [2.05, 4.69) is 40.3 Å². The molecule has 0 amide bonds. The Labute approximate surface area is 145 Å². The molecule has 0 bridgehead atoms. The molecule has 0 radical (unpaired) electrons. The summed E-state index contributed by atoms with van der Waals surface area (Å²) in [5, 5.41) is 7.95. The van der Waals surface area contributed by atoms with Gasteiger partial charge in [0.2, 0.25) is 0 Å². The molecule has 6 nitrogen and oxygen atoms in total. The largest absolute Gasteiger partial charge is 0.338 e. The highest BCUT2D eigenvalue weighted by molar-refractivity contribution is 6.03. The molecule has 4 rings (SSSR count). The number of nitrogens with zero attached hydrogens (tertiary/aromatic N) is 4. The van der Waals surface area contributed by atoms with Crippen molar-refractivity contribution in [2.24, 2.45) is 0 Å². The van der Waals surface area contributed by atoms with Crippen LogP contribution in [-0.2, 0) is 6.42 Å². The lowest BCUT2D eigenvalue weighted by molar-refractivity contribution is 0.0973. The molecule has 6 heteroatoms. The van der Waals surface area contributed by atoms with Gasteiger partial charge in [-0.3, -0.25) is 4.79 Å². The zero-order chi connectivity index (χ0) is 17.4. The quantitative estimate of drug-likeness (QED) is 0.793. The summed E-state index contributed by atoms with van der Waals surface area (Å²) in [7, 11) is 0. The molecule has 0 unspecified atom stereocenters. The second-order valence-corrected chi connectivity index (χ2v) is 6.41. The predicted molar refractivity (Wildman–Crippen MR) is 95.6 cm³/mol. The topological polar surface area (TPSA) is 72.7 Å². The maximum absolute atomic E-state index is 12.5. The highest BCUT2D eigenvalue weighted by Crippen LogP contribution is 2.31. The van der Waals surface area contributed by atoms with Crippen molar-refractivity contribution in [1.29, 1.82) is 0 Å². The Hall–Kier alpha value is -3.02. The molecule has 1 aliphatic carbocycles. The van der Waals surface area contributed by atoms with Gasteiger partial charge in [0, 0.05) is 24.5 Å². The van der Waals surface area contributed by atoms with E-state index in [0.29, 0.717) is 23.8 Å². The Balaban J connectivity index is 1.82.